The number of fused-ring (bicyclic) bond motifs is 1. The molecular weight excluding hydrogens is 457 g/mol. The Labute approximate surface area is 199 Å². The summed E-state index contributed by atoms with van der Waals surface area (Å²) in [6, 6.07) is 4.38. The monoisotopic (exact) mass is 483 g/mol. The summed E-state index contributed by atoms with van der Waals surface area (Å²) in [5.41, 5.74) is 5.67. The number of aliphatic imine (C=N–C) groups is 1. The van der Waals surface area contributed by atoms with Crippen LogP contribution < -0.4 is 22.3 Å². The number of hydrogen-bond acceptors (Lipinski definition) is 7. The lowest BCUT2D eigenvalue weighted by atomic mass is 10.1. The molecule has 1 atom stereocenters. The summed E-state index contributed by atoms with van der Waals surface area (Å²) < 4.78 is 16.7. The third kappa shape index (κ3) is 5.03. The molecule has 178 valence electrons. The number of benzene rings is 1. The van der Waals surface area contributed by atoms with Crippen molar-refractivity contribution in [3.05, 3.63) is 49.9 Å². The second-order valence-electron chi connectivity index (χ2n) is 8.07. The van der Waals surface area contributed by atoms with Crippen molar-refractivity contribution in [3.63, 3.8) is 0 Å². The molecule has 0 saturated carbocycles. The number of nitrogens with one attached hydrogen (secondary N) is 1. The molecule has 1 aliphatic rings. The molecule has 3 heterocycles. The molecule has 0 bridgehead atoms. The van der Waals surface area contributed by atoms with Gasteiger partial charge in [0.1, 0.15) is 16.5 Å². The standard InChI is InChI=1S/C23H26FN7O2S/c1-3-4-9-26-20-21(27-14-30-10-5-6-16(25)12-30)29(2)23(33)31(22(20)32)13-19-28-17-11-15(24)7-8-18(17)34-19/h7-8,11,14,16,26H,5-6,9-10,12-13,25H2,1-2H3/b27-14+/t16-/m0/s1. The highest BCUT2D eigenvalue weighted by molar-refractivity contribution is 7.18. The first-order chi connectivity index (χ1) is 16.4. The van der Waals surface area contributed by atoms with Crippen LogP contribution in [0.25, 0.3) is 10.2 Å². The van der Waals surface area contributed by atoms with Gasteiger partial charge < -0.3 is 16.0 Å². The Balaban J connectivity index is 1.74. The Hall–Kier alpha value is -3.49. The molecule has 0 unspecified atom stereocenters. The minimum atomic E-state index is -0.523. The number of nitrogens with two attached hydrogens (primary N) is 1. The van der Waals surface area contributed by atoms with Crippen LogP contribution >= 0.6 is 11.3 Å². The number of piperidine rings is 1. The van der Waals surface area contributed by atoms with Gasteiger partial charge in [-0.05, 0) is 31.9 Å². The largest absolute Gasteiger partial charge is 0.367 e. The van der Waals surface area contributed by atoms with Crippen LogP contribution in [0.5, 0.6) is 0 Å². The van der Waals surface area contributed by atoms with Gasteiger partial charge in [0.05, 0.1) is 29.6 Å². The van der Waals surface area contributed by atoms with Crippen molar-refractivity contribution >= 4 is 39.4 Å². The predicted octanol–water partition coefficient (Wildman–Crippen LogP) is 1.86. The molecule has 0 spiro atoms. The first kappa shape index (κ1) is 23.7. The van der Waals surface area contributed by atoms with Crippen molar-refractivity contribution in [2.45, 2.75) is 32.4 Å². The van der Waals surface area contributed by atoms with Crippen LogP contribution in [0.3, 0.4) is 0 Å². The number of anilines is 1. The summed E-state index contributed by atoms with van der Waals surface area (Å²) in [7, 11) is 1.57. The average Bonchev–Trinajstić information content (AvgIpc) is 3.21. The van der Waals surface area contributed by atoms with E-state index in [2.05, 4.69) is 27.1 Å². The summed E-state index contributed by atoms with van der Waals surface area (Å²) in [4.78, 5) is 37.4. The van der Waals surface area contributed by atoms with Crippen molar-refractivity contribution in [1.29, 1.82) is 0 Å². The molecule has 11 heteroatoms. The third-order valence-electron chi connectivity index (χ3n) is 5.57. The van der Waals surface area contributed by atoms with Crippen LogP contribution in [0, 0.1) is 17.7 Å². The summed E-state index contributed by atoms with van der Waals surface area (Å²) in [6.07, 6.45) is 3.55. The van der Waals surface area contributed by atoms with Gasteiger partial charge in [-0.2, -0.15) is 0 Å². The number of halogens is 1. The van der Waals surface area contributed by atoms with Gasteiger partial charge in [0, 0.05) is 32.2 Å². The Morgan fingerprint density at radius 3 is 3.00 bits per heavy atom. The van der Waals surface area contributed by atoms with E-state index < -0.39 is 17.1 Å². The maximum Gasteiger partial charge on any atom is 0.332 e. The summed E-state index contributed by atoms with van der Waals surface area (Å²) in [6.45, 7) is 3.36. The van der Waals surface area contributed by atoms with Crippen molar-refractivity contribution in [3.8, 4) is 11.8 Å². The maximum absolute atomic E-state index is 13.5. The molecule has 0 aliphatic carbocycles. The van der Waals surface area contributed by atoms with Gasteiger partial charge in [-0.25, -0.2) is 19.2 Å². The molecule has 1 fully saturated rings. The lowest BCUT2D eigenvalue weighted by Gasteiger charge is -2.28. The van der Waals surface area contributed by atoms with Gasteiger partial charge in [0.2, 0.25) is 0 Å². The van der Waals surface area contributed by atoms with Gasteiger partial charge in [-0.1, -0.05) is 5.92 Å². The SMILES string of the molecule is CC#CCNc1c(/N=C/N2CCC[C@H](N)C2)n(C)c(=O)n(Cc2nc3cc(F)ccc3s2)c1=O. The first-order valence-corrected chi connectivity index (χ1v) is 11.7. The van der Waals surface area contributed by atoms with Crippen molar-refractivity contribution in [2.75, 3.05) is 25.0 Å². The van der Waals surface area contributed by atoms with E-state index in [4.69, 9.17) is 5.73 Å². The fraction of sp³-hybridized carbons (Fsp3) is 0.391. The molecular formula is C23H26FN7O2S. The molecule has 3 N–H and O–H groups in total. The first-order valence-electron chi connectivity index (χ1n) is 10.9. The zero-order valence-electron chi connectivity index (χ0n) is 19.0. The van der Waals surface area contributed by atoms with Crippen LogP contribution in [0.1, 0.15) is 24.8 Å². The molecule has 3 aromatic rings. The number of likely N-dealkylation sites (tertiary alicyclic amines) is 1. The van der Waals surface area contributed by atoms with E-state index in [1.807, 2.05) is 4.90 Å². The van der Waals surface area contributed by atoms with E-state index in [1.165, 1.54) is 28.0 Å². The smallest absolute Gasteiger partial charge is 0.332 e. The number of hydrogen-bond donors (Lipinski definition) is 2. The molecule has 1 saturated heterocycles. The zero-order chi connectivity index (χ0) is 24.2. The van der Waals surface area contributed by atoms with E-state index in [9.17, 15) is 14.0 Å². The van der Waals surface area contributed by atoms with Crippen LogP contribution in [-0.2, 0) is 13.6 Å². The highest BCUT2D eigenvalue weighted by Gasteiger charge is 2.19. The highest BCUT2D eigenvalue weighted by atomic mass is 32.1. The Morgan fingerprint density at radius 2 is 2.24 bits per heavy atom. The van der Waals surface area contributed by atoms with Crippen LogP contribution in [0.2, 0.25) is 0 Å². The van der Waals surface area contributed by atoms with Crippen molar-refractivity contribution < 1.29 is 4.39 Å². The van der Waals surface area contributed by atoms with Crippen molar-refractivity contribution in [2.24, 2.45) is 17.8 Å². The van der Waals surface area contributed by atoms with E-state index in [-0.39, 0.29) is 30.6 Å². The quantitative estimate of drug-likeness (QED) is 0.315. The highest BCUT2D eigenvalue weighted by Crippen LogP contribution is 2.24. The second kappa shape index (κ2) is 10.2. The Morgan fingerprint density at radius 1 is 1.41 bits per heavy atom. The summed E-state index contributed by atoms with van der Waals surface area (Å²) >= 11 is 1.31. The number of aromatic nitrogens is 3. The van der Waals surface area contributed by atoms with Crippen molar-refractivity contribution in [1.82, 2.24) is 19.0 Å². The van der Waals surface area contributed by atoms with Gasteiger partial charge in [0.25, 0.3) is 5.56 Å². The van der Waals surface area contributed by atoms with Crippen LogP contribution in [0.4, 0.5) is 15.9 Å². The van der Waals surface area contributed by atoms with Gasteiger partial charge in [-0.3, -0.25) is 13.9 Å². The van der Waals surface area contributed by atoms with E-state index in [0.29, 0.717) is 17.1 Å². The summed E-state index contributed by atoms with van der Waals surface area (Å²) in [5.74, 6) is 5.47. The van der Waals surface area contributed by atoms with E-state index in [0.717, 1.165) is 28.7 Å². The molecule has 2 aromatic heterocycles. The number of rotatable bonds is 6. The number of thiazole rings is 1. The molecule has 0 amide bonds. The Kier molecular flexibility index (Phi) is 7.09. The van der Waals surface area contributed by atoms with E-state index >= 15 is 0 Å². The topological polar surface area (TPSA) is 111 Å². The lowest BCUT2D eigenvalue weighted by molar-refractivity contribution is 0.317. The zero-order valence-corrected chi connectivity index (χ0v) is 19.9. The van der Waals surface area contributed by atoms with Crippen LogP contribution in [0.15, 0.2) is 32.8 Å². The molecule has 1 aliphatic heterocycles. The molecule has 1 aromatic carbocycles. The predicted molar refractivity (Wildman–Crippen MR) is 133 cm³/mol. The molecule has 4 rings (SSSR count). The molecule has 0 radical (unpaired) electrons. The van der Waals surface area contributed by atoms with Gasteiger partial charge >= 0.3 is 5.69 Å². The normalized spacial score (nSPS) is 16.1. The fourth-order valence-electron chi connectivity index (χ4n) is 3.86. The number of nitrogens with zero attached hydrogens (tertiary/aromatic N) is 5. The molecule has 9 nitrogen and oxygen atoms in total. The van der Waals surface area contributed by atoms with Gasteiger partial charge in [-0.15, -0.1) is 17.3 Å². The maximum atomic E-state index is 13.5. The van der Waals surface area contributed by atoms with Gasteiger partial charge in [0.15, 0.2) is 5.82 Å². The minimum absolute atomic E-state index is 0.0361. The third-order valence-corrected chi connectivity index (χ3v) is 6.59. The Bertz CT molecular complexity index is 1410. The molecule has 34 heavy (non-hydrogen) atoms. The average molecular weight is 484 g/mol. The summed E-state index contributed by atoms with van der Waals surface area (Å²) in [5, 5.41) is 3.54. The second-order valence-corrected chi connectivity index (χ2v) is 9.19. The van der Waals surface area contributed by atoms with Crippen LogP contribution in [-0.4, -0.2) is 51.0 Å². The minimum Gasteiger partial charge on any atom is -0.367 e. The lowest BCUT2D eigenvalue weighted by Crippen LogP contribution is -2.42. The fourth-order valence-corrected chi connectivity index (χ4v) is 4.79. The van der Waals surface area contributed by atoms with E-state index in [1.54, 1.807) is 26.4 Å².